The first-order chi connectivity index (χ1) is 14.0. The van der Waals surface area contributed by atoms with Gasteiger partial charge in [-0.25, -0.2) is 9.37 Å². The van der Waals surface area contributed by atoms with Crippen LogP contribution in [0.15, 0.2) is 36.4 Å². The molecular formula is C22H19FN4OS. The Morgan fingerprint density at radius 3 is 2.86 bits per heavy atom. The molecule has 1 aliphatic carbocycles. The van der Waals surface area contributed by atoms with Crippen molar-refractivity contribution in [1.82, 2.24) is 4.98 Å². The second-order valence-electron chi connectivity index (χ2n) is 7.11. The second-order valence-corrected chi connectivity index (χ2v) is 8.11. The zero-order chi connectivity index (χ0) is 20.5. The van der Waals surface area contributed by atoms with Crippen molar-refractivity contribution in [3.63, 3.8) is 0 Å². The summed E-state index contributed by atoms with van der Waals surface area (Å²) in [5.41, 5.74) is 4.17. The van der Waals surface area contributed by atoms with Crippen LogP contribution in [0.5, 0.6) is 0 Å². The molecule has 2 aromatic carbocycles. The number of aryl methyl sites for hydroxylation is 2. The molecule has 0 radical (unpaired) electrons. The van der Waals surface area contributed by atoms with Crippen LogP contribution < -0.4 is 10.2 Å². The van der Waals surface area contributed by atoms with Crippen LogP contribution in [0.1, 0.15) is 33.6 Å². The van der Waals surface area contributed by atoms with E-state index in [0.717, 1.165) is 35.4 Å². The van der Waals surface area contributed by atoms with E-state index in [2.05, 4.69) is 16.4 Å². The molecule has 1 N–H and O–H groups in total. The normalized spacial score (nSPS) is 12.3. The quantitative estimate of drug-likeness (QED) is 0.689. The number of nitrogens with zero attached hydrogens (tertiary/aromatic N) is 3. The second kappa shape index (κ2) is 7.64. The lowest BCUT2D eigenvalue weighted by Crippen LogP contribution is -2.20. The molecule has 0 saturated heterocycles. The summed E-state index contributed by atoms with van der Waals surface area (Å²) in [5.74, 6) is -1.10. The van der Waals surface area contributed by atoms with Gasteiger partial charge in [-0.15, -0.1) is 0 Å². The van der Waals surface area contributed by atoms with Gasteiger partial charge in [-0.3, -0.25) is 10.1 Å². The molecule has 3 aromatic rings. The first-order valence-electron chi connectivity index (χ1n) is 9.28. The molecule has 0 aliphatic heterocycles. The maximum Gasteiger partial charge on any atom is 0.262 e. The Morgan fingerprint density at radius 1 is 1.28 bits per heavy atom. The van der Waals surface area contributed by atoms with E-state index in [-0.39, 0.29) is 5.56 Å². The fourth-order valence-electron chi connectivity index (χ4n) is 3.58. The summed E-state index contributed by atoms with van der Waals surface area (Å²) in [4.78, 5) is 20.1. The van der Waals surface area contributed by atoms with Gasteiger partial charge >= 0.3 is 0 Å². The zero-order valence-corrected chi connectivity index (χ0v) is 16.9. The number of nitriles is 1. The summed E-state index contributed by atoms with van der Waals surface area (Å²) < 4.78 is 14.4. The Balaban J connectivity index is 1.70. The number of aromatic nitrogens is 1. The fraction of sp³-hybridized carbons (Fsp3) is 0.227. The molecule has 1 heterocycles. The summed E-state index contributed by atoms with van der Waals surface area (Å²) in [7, 11) is 3.53. The highest BCUT2D eigenvalue weighted by Crippen LogP contribution is 2.39. The number of carbonyl (C=O) groups is 1. The Kier molecular flexibility index (Phi) is 5.03. The predicted octanol–water partition coefficient (Wildman–Crippen LogP) is 4.63. The lowest BCUT2D eigenvalue weighted by atomic mass is 10.0. The molecule has 29 heavy (non-hydrogen) atoms. The number of rotatable bonds is 3. The highest BCUT2D eigenvalue weighted by Gasteiger charge is 2.23. The summed E-state index contributed by atoms with van der Waals surface area (Å²) in [6, 6.07) is 12.4. The number of hydrogen-bond donors (Lipinski definition) is 1. The zero-order valence-electron chi connectivity index (χ0n) is 16.1. The maximum absolute atomic E-state index is 14.4. The van der Waals surface area contributed by atoms with Crippen LogP contribution in [0.4, 0.5) is 15.2 Å². The van der Waals surface area contributed by atoms with Gasteiger partial charge in [0.2, 0.25) is 0 Å². The fourth-order valence-corrected chi connectivity index (χ4v) is 4.63. The minimum Gasteiger partial charge on any atom is -0.377 e. The van der Waals surface area contributed by atoms with E-state index >= 15 is 0 Å². The molecule has 0 saturated carbocycles. The third-order valence-electron chi connectivity index (χ3n) is 4.96. The Morgan fingerprint density at radius 2 is 2.10 bits per heavy atom. The number of halogens is 1. The van der Waals surface area contributed by atoms with Crippen molar-refractivity contribution in [2.75, 3.05) is 24.3 Å². The van der Waals surface area contributed by atoms with Gasteiger partial charge in [-0.2, -0.15) is 5.26 Å². The molecule has 1 aliphatic rings. The first-order valence-corrected chi connectivity index (χ1v) is 10.1. The molecule has 1 aromatic heterocycles. The van der Waals surface area contributed by atoms with E-state index in [1.54, 1.807) is 31.1 Å². The number of thiazole rings is 1. The summed E-state index contributed by atoms with van der Waals surface area (Å²) in [6.45, 7) is 0. The molecule has 0 unspecified atom stereocenters. The van der Waals surface area contributed by atoms with Crippen LogP contribution in [-0.4, -0.2) is 25.0 Å². The molecule has 0 atom stereocenters. The van der Waals surface area contributed by atoms with Gasteiger partial charge in [0.25, 0.3) is 5.91 Å². The van der Waals surface area contributed by atoms with Crippen LogP contribution in [0.25, 0.3) is 10.4 Å². The number of amides is 1. The molecule has 4 rings (SSSR count). The van der Waals surface area contributed by atoms with Crippen molar-refractivity contribution < 1.29 is 9.18 Å². The minimum absolute atomic E-state index is 0.00457. The smallest absolute Gasteiger partial charge is 0.262 e. The summed E-state index contributed by atoms with van der Waals surface area (Å²) in [6.07, 6.45) is 2.66. The summed E-state index contributed by atoms with van der Waals surface area (Å²) in [5, 5.41) is 12.4. The number of fused-ring (bicyclic) bond motifs is 3. The lowest BCUT2D eigenvalue weighted by Gasteiger charge is -2.17. The van der Waals surface area contributed by atoms with E-state index in [9.17, 15) is 14.4 Å². The molecule has 0 fully saturated rings. The predicted molar refractivity (Wildman–Crippen MR) is 113 cm³/mol. The van der Waals surface area contributed by atoms with Crippen LogP contribution >= 0.6 is 11.3 Å². The maximum atomic E-state index is 14.4. The number of nitrogens with one attached hydrogen (secondary N) is 1. The first kappa shape index (κ1) is 19.1. The average molecular weight is 406 g/mol. The van der Waals surface area contributed by atoms with Gasteiger partial charge in [0.15, 0.2) is 5.13 Å². The lowest BCUT2D eigenvalue weighted by molar-refractivity contribution is 0.102. The molecule has 146 valence electrons. The molecule has 5 nitrogen and oxygen atoms in total. The number of carbonyl (C=O) groups excluding carboxylic acids is 1. The van der Waals surface area contributed by atoms with Crippen molar-refractivity contribution in [2.45, 2.75) is 19.3 Å². The van der Waals surface area contributed by atoms with Crippen LogP contribution in [-0.2, 0) is 12.8 Å². The van der Waals surface area contributed by atoms with Gasteiger partial charge in [-0.1, -0.05) is 23.5 Å². The van der Waals surface area contributed by atoms with E-state index in [1.807, 2.05) is 18.2 Å². The van der Waals surface area contributed by atoms with Gasteiger partial charge in [0.1, 0.15) is 5.82 Å². The Bertz CT molecular complexity index is 1150. The average Bonchev–Trinajstić information content (AvgIpc) is 3.02. The van der Waals surface area contributed by atoms with Crippen LogP contribution in [0, 0.1) is 17.1 Å². The van der Waals surface area contributed by atoms with E-state index in [1.165, 1.54) is 23.0 Å². The van der Waals surface area contributed by atoms with E-state index in [4.69, 9.17) is 0 Å². The van der Waals surface area contributed by atoms with Crippen molar-refractivity contribution >= 4 is 28.1 Å². The SMILES string of the molecule is CN(C)c1cccc(F)c1C(=O)Nc1nc2c(s1)-c1cc(C#N)ccc1CCC2. The number of hydrogen-bond acceptors (Lipinski definition) is 5. The van der Waals surface area contributed by atoms with Gasteiger partial charge in [-0.05, 0) is 54.7 Å². The van der Waals surface area contributed by atoms with Crippen LogP contribution in [0.2, 0.25) is 0 Å². The number of anilines is 2. The Labute approximate surface area is 172 Å². The highest BCUT2D eigenvalue weighted by atomic mass is 32.1. The van der Waals surface area contributed by atoms with Crippen molar-refractivity contribution in [3.05, 3.63) is 64.6 Å². The molecule has 1 amide bonds. The molecule has 0 spiro atoms. The number of benzene rings is 2. The minimum atomic E-state index is -0.573. The van der Waals surface area contributed by atoms with Crippen molar-refractivity contribution in [2.24, 2.45) is 0 Å². The topological polar surface area (TPSA) is 69.0 Å². The van der Waals surface area contributed by atoms with Gasteiger partial charge in [0, 0.05) is 14.1 Å². The van der Waals surface area contributed by atoms with Crippen molar-refractivity contribution in [3.8, 4) is 16.5 Å². The van der Waals surface area contributed by atoms with E-state index < -0.39 is 11.7 Å². The van der Waals surface area contributed by atoms with Gasteiger partial charge < -0.3 is 4.90 Å². The van der Waals surface area contributed by atoms with Gasteiger partial charge in [0.05, 0.1) is 33.5 Å². The van der Waals surface area contributed by atoms with Crippen LogP contribution in [0.3, 0.4) is 0 Å². The van der Waals surface area contributed by atoms with Crippen molar-refractivity contribution in [1.29, 1.82) is 5.26 Å². The Hall–Kier alpha value is -3.24. The molecule has 0 bridgehead atoms. The molecule has 7 heteroatoms. The highest BCUT2D eigenvalue weighted by molar-refractivity contribution is 7.19. The third-order valence-corrected chi connectivity index (χ3v) is 6.01. The molecular weight excluding hydrogens is 387 g/mol. The third kappa shape index (κ3) is 3.59. The largest absolute Gasteiger partial charge is 0.377 e. The summed E-state index contributed by atoms with van der Waals surface area (Å²) >= 11 is 1.37. The monoisotopic (exact) mass is 406 g/mol. The standard InChI is InChI=1S/C22H19FN4OS/c1-27(2)18-8-4-6-16(23)19(18)21(28)26-22-25-17-7-3-5-14-10-9-13(12-24)11-15(14)20(17)29-22/h4,6,8-11H,3,5,7H2,1-2H3,(H,25,26,28). The van der Waals surface area contributed by atoms with E-state index in [0.29, 0.717) is 16.4 Å².